The van der Waals surface area contributed by atoms with Crippen LogP contribution in [0.2, 0.25) is 0 Å². The SMILES string of the molecule is FC(F)(F)c1cc(I)cc(I)c1Br. The van der Waals surface area contributed by atoms with E-state index in [2.05, 4.69) is 15.9 Å². The maximum absolute atomic E-state index is 12.4. The Morgan fingerprint density at radius 3 is 2.15 bits per heavy atom. The molecule has 0 heterocycles. The summed E-state index contributed by atoms with van der Waals surface area (Å²) in [6.07, 6.45) is -4.29. The van der Waals surface area contributed by atoms with Gasteiger partial charge in [-0.3, -0.25) is 0 Å². The van der Waals surface area contributed by atoms with Crippen LogP contribution >= 0.6 is 61.1 Å². The van der Waals surface area contributed by atoms with Crippen LogP contribution in [-0.2, 0) is 6.18 Å². The topological polar surface area (TPSA) is 0 Å². The minimum atomic E-state index is -4.29. The molecule has 0 aliphatic rings. The average molecular weight is 477 g/mol. The Morgan fingerprint density at radius 2 is 1.69 bits per heavy atom. The predicted octanol–water partition coefficient (Wildman–Crippen LogP) is 4.68. The third-order valence-electron chi connectivity index (χ3n) is 1.30. The zero-order valence-corrected chi connectivity index (χ0v) is 11.8. The zero-order valence-electron chi connectivity index (χ0n) is 5.92. The Bertz CT molecular complexity index is 335. The fraction of sp³-hybridized carbons (Fsp3) is 0.143. The molecule has 0 fully saturated rings. The highest BCUT2D eigenvalue weighted by Gasteiger charge is 2.33. The van der Waals surface area contributed by atoms with Gasteiger partial charge in [-0.15, -0.1) is 0 Å². The van der Waals surface area contributed by atoms with Crippen LogP contribution in [0.1, 0.15) is 5.56 Å². The predicted molar refractivity (Wildman–Crippen MR) is 64.6 cm³/mol. The molecular formula is C7H2BrF3I2. The molecule has 72 valence electrons. The molecule has 0 amide bonds. The maximum atomic E-state index is 12.4. The van der Waals surface area contributed by atoms with E-state index in [0.29, 0.717) is 7.14 Å². The molecule has 1 rings (SSSR count). The maximum Gasteiger partial charge on any atom is 0.417 e. The van der Waals surface area contributed by atoms with Crippen molar-refractivity contribution in [3.63, 3.8) is 0 Å². The minimum Gasteiger partial charge on any atom is -0.166 e. The first-order valence-corrected chi connectivity index (χ1v) is 5.99. The highest BCUT2D eigenvalue weighted by Crippen LogP contribution is 2.37. The van der Waals surface area contributed by atoms with Gasteiger partial charge in [-0.05, 0) is 73.2 Å². The molecule has 0 N–H and O–H groups in total. The molecule has 0 unspecified atom stereocenters. The second-order valence-electron chi connectivity index (χ2n) is 2.25. The van der Waals surface area contributed by atoms with Crippen molar-refractivity contribution in [2.24, 2.45) is 0 Å². The summed E-state index contributed by atoms with van der Waals surface area (Å²) < 4.78 is 38.4. The van der Waals surface area contributed by atoms with Crippen LogP contribution < -0.4 is 0 Å². The van der Waals surface area contributed by atoms with E-state index in [0.717, 1.165) is 6.07 Å². The molecule has 0 aliphatic heterocycles. The molecule has 0 aliphatic carbocycles. The number of rotatable bonds is 0. The molecule has 0 nitrogen and oxygen atoms in total. The molecule has 1 aromatic rings. The number of halogens is 6. The minimum absolute atomic E-state index is 0.112. The Kier molecular flexibility index (Phi) is 3.90. The van der Waals surface area contributed by atoms with Gasteiger partial charge < -0.3 is 0 Å². The Hall–Kier alpha value is 0.950. The van der Waals surface area contributed by atoms with Crippen LogP contribution in [0, 0.1) is 7.14 Å². The van der Waals surface area contributed by atoms with Gasteiger partial charge in [0.25, 0.3) is 0 Å². The molecule has 0 atom stereocenters. The molecule has 1 aromatic carbocycles. The van der Waals surface area contributed by atoms with E-state index in [-0.39, 0.29) is 4.47 Å². The van der Waals surface area contributed by atoms with Crippen molar-refractivity contribution in [1.29, 1.82) is 0 Å². The molecule has 6 heteroatoms. The van der Waals surface area contributed by atoms with Gasteiger partial charge in [-0.25, -0.2) is 0 Å². The lowest BCUT2D eigenvalue weighted by molar-refractivity contribution is -0.138. The normalized spacial score (nSPS) is 11.8. The van der Waals surface area contributed by atoms with Crippen LogP contribution in [0.15, 0.2) is 16.6 Å². The fourth-order valence-corrected chi connectivity index (χ4v) is 3.06. The zero-order chi connectivity index (χ0) is 10.2. The van der Waals surface area contributed by atoms with Gasteiger partial charge in [-0.1, -0.05) is 0 Å². The second-order valence-corrected chi connectivity index (χ2v) is 5.45. The van der Waals surface area contributed by atoms with E-state index in [1.807, 2.05) is 45.2 Å². The van der Waals surface area contributed by atoms with Gasteiger partial charge in [0.05, 0.1) is 5.56 Å². The number of alkyl halides is 3. The van der Waals surface area contributed by atoms with Gasteiger partial charge >= 0.3 is 6.18 Å². The van der Waals surface area contributed by atoms with Crippen molar-refractivity contribution >= 4 is 61.1 Å². The highest BCUT2D eigenvalue weighted by atomic mass is 127. The van der Waals surface area contributed by atoms with E-state index in [1.165, 1.54) is 0 Å². The molecule has 0 bridgehead atoms. The van der Waals surface area contributed by atoms with Gasteiger partial charge in [0.15, 0.2) is 0 Å². The Morgan fingerprint density at radius 1 is 1.15 bits per heavy atom. The Labute approximate surface area is 109 Å². The van der Waals surface area contributed by atoms with Crippen molar-refractivity contribution in [3.05, 3.63) is 29.3 Å². The highest BCUT2D eigenvalue weighted by molar-refractivity contribution is 14.1. The monoisotopic (exact) mass is 476 g/mol. The van der Waals surface area contributed by atoms with Gasteiger partial charge in [0.1, 0.15) is 0 Å². The summed E-state index contributed by atoms with van der Waals surface area (Å²) in [6.45, 7) is 0. The average Bonchev–Trinajstić information content (AvgIpc) is 1.94. The smallest absolute Gasteiger partial charge is 0.166 e. The standard InChI is InChI=1S/C7H2BrF3I2/c8-6-4(7(9,10)11)1-3(12)2-5(6)13/h1-2H. The lowest BCUT2D eigenvalue weighted by Gasteiger charge is -2.10. The van der Waals surface area contributed by atoms with Crippen LogP contribution in [-0.4, -0.2) is 0 Å². The largest absolute Gasteiger partial charge is 0.417 e. The summed E-state index contributed by atoms with van der Waals surface area (Å²) in [6, 6.07) is 2.80. The van der Waals surface area contributed by atoms with E-state index in [9.17, 15) is 13.2 Å². The summed E-state index contributed by atoms with van der Waals surface area (Å²) in [5.41, 5.74) is -0.621. The van der Waals surface area contributed by atoms with E-state index >= 15 is 0 Å². The van der Waals surface area contributed by atoms with E-state index in [1.54, 1.807) is 6.07 Å². The summed E-state index contributed by atoms with van der Waals surface area (Å²) in [7, 11) is 0. The van der Waals surface area contributed by atoms with Crippen molar-refractivity contribution in [2.45, 2.75) is 6.18 Å². The Balaban J connectivity index is 3.37. The first-order chi connectivity index (χ1) is 5.82. The van der Waals surface area contributed by atoms with E-state index < -0.39 is 11.7 Å². The molecule has 0 saturated carbocycles. The summed E-state index contributed by atoms with van der Waals surface area (Å²) in [4.78, 5) is 0. The third-order valence-corrected chi connectivity index (χ3v) is 4.37. The van der Waals surface area contributed by atoms with Crippen LogP contribution in [0.3, 0.4) is 0 Å². The molecule has 0 spiro atoms. The fourth-order valence-electron chi connectivity index (χ4n) is 0.762. The van der Waals surface area contributed by atoms with Crippen molar-refractivity contribution < 1.29 is 13.2 Å². The quantitative estimate of drug-likeness (QED) is 0.377. The van der Waals surface area contributed by atoms with Gasteiger partial charge in [-0.2, -0.15) is 13.2 Å². The first-order valence-electron chi connectivity index (χ1n) is 3.04. The summed E-state index contributed by atoms with van der Waals surface area (Å²) in [5, 5.41) is 0. The van der Waals surface area contributed by atoms with Gasteiger partial charge in [0, 0.05) is 11.6 Å². The third kappa shape index (κ3) is 2.95. The lowest BCUT2D eigenvalue weighted by Crippen LogP contribution is -2.07. The van der Waals surface area contributed by atoms with Crippen LogP contribution in [0.25, 0.3) is 0 Å². The molecule has 0 aromatic heterocycles. The van der Waals surface area contributed by atoms with Crippen LogP contribution in [0.5, 0.6) is 0 Å². The van der Waals surface area contributed by atoms with Crippen molar-refractivity contribution in [2.75, 3.05) is 0 Å². The second kappa shape index (κ2) is 4.21. The molecule has 0 saturated heterocycles. The van der Waals surface area contributed by atoms with Crippen LogP contribution in [0.4, 0.5) is 13.2 Å². The number of hydrogen-bond donors (Lipinski definition) is 0. The summed E-state index contributed by atoms with van der Waals surface area (Å²) in [5.74, 6) is 0. The molecular weight excluding hydrogens is 475 g/mol. The molecule has 13 heavy (non-hydrogen) atoms. The number of hydrogen-bond acceptors (Lipinski definition) is 0. The summed E-state index contributed by atoms with van der Waals surface area (Å²) >= 11 is 6.65. The van der Waals surface area contributed by atoms with Gasteiger partial charge in [0.2, 0.25) is 0 Å². The number of benzene rings is 1. The molecule has 0 radical (unpaired) electrons. The van der Waals surface area contributed by atoms with E-state index in [4.69, 9.17) is 0 Å². The van der Waals surface area contributed by atoms with Crippen molar-refractivity contribution in [1.82, 2.24) is 0 Å². The van der Waals surface area contributed by atoms with Crippen molar-refractivity contribution in [3.8, 4) is 0 Å². The first kappa shape index (κ1) is 12.0. The lowest BCUT2D eigenvalue weighted by atomic mass is 10.2.